The van der Waals surface area contributed by atoms with E-state index in [4.69, 9.17) is 11.5 Å². The molecule has 7 heteroatoms. The summed E-state index contributed by atoms with van der Waals surface area (Å²) in [7, 11) is 0. The number of hydrogen-bond acceptors (Lipinski definition) is 4. The number of hydrogen-bond donors (Lipinski definition) is 2. The zero-order valence-corrected chi connectivity index (χ0v) is 11.7. The van der Waals surface area contributed by atoms with Gasteiger partial charge in [-0.1, -0.05) is 5.92 Å². The quantitative estimate of drug-likeness (QED) is 0.740. The van der Waals surface area contributed by atoms with Crippen molar-refractivity contribution in [3.05, 3.63) is 21.9 Å². The topological polar surface area (TPSA) is 86.7 Å². The Balaban J connectivity index is 2.54. The molecule has 0 bridgehead atoms. The van der Waals surface area contributed by atoms with Gasteiger partial charge in [0.15, 0.2) is 0 Å². The van der Waals surface area contributed by atoms with Gasteiger partial charge < -0.3 is 15.3 Å². The van der Waals surface area contributed by atoms with E-state index in [0.29, 0.717) is 4.88 Å². The van der Waals surface area contributed by atoms with E-state index < -0.39 is 18.4 Å². The van der Waals surface area contributed by atoms with Crippen molar-refractivity contribution in [2.24, 2.45) is 0 Å². The lowest BCUT2D eigenvalue weighted by atomic mass is 10.4. The van der Waals surface area contributed by atoms with E-state index in [2.05, 4.69) is 11.2 Å². The monoisotopic (exact) mass is 294 g/mol. The third-order valence-corrected chi connectivity index (χ3v) is 3.32. The molecule has 0 unspecified atom stereocenters. The van der Waals surface area contributed by atoms with Gasteiger partial charge in [-0.2, -0.15) is 0 Å². The Bertz CT molecular complexity index is 559. The van der Waals surface area contributed by atoms with Crippen molar-refractivity contribution < 1.29 is 19.5 Å². The van der Waals surface area contributed by atoms with Crippen LogP contribution in [0.5, 0.6) is 0 Å². The second kappa shape index (κ2) is 7.31. The predicted molar refractivity (Wildman–Crippen MR) is 74.4 cm³/mol. The lowest BCUT2D eigenvalue weighted by molar-refractivity contribution is -0.143. The number of amides is 2. The Labute approximate surface area is 120 Å². The number of carboxylic acids is 1. The predicted octanol–water partition coefficient (Wildman–Crippen LogP) is 0.333. The second-order valence-corrected chi connectivity index (χ2v) is 5.23. The average Bonchev–Trinajstić information content (AvgIpc) is 2.81. The molecule has 1 aromatic heterocycles. The Kier molecular flexibility index (Phi) is 5.74. The van der Waals surface area contributed by atoms with Crippen LogP contribution in [-0.2, 0) is 9.59 Å². The van der Waals surface area contributed by atoms with Crippen LogP contribution in [0.15, 0.2) is 12.1 Å². The van der Waals surface area contributed by atoms with Crippen LogP contribution < -0.4 is 5.32 Å². The minimum atomic E-state index is -1.16. The molecule has 20 heavy (non-hydrogen) atoms. The molecule has 0 saturated heterocycles. The van der Waals surface area contributed by atoms with E-state index in [9.17, 15) is 14.4 Å². The van der Waals surface area contributed by atoms with Crippen LogP contribution in [0.25, 0.3) is 0 Å². The molecule has 0 radical (unpaired) electrons. The fourth-order valence-electron chi connectivity index (χ4n) is 1.42. The first-order chi connectivity index (χ1) is 9.43. The van der Waals surface area contributed by atoms with Crippen LogP contribution in [0, 0.1) is 19.3 Å². The first-order valence-electron chi connectivity index (χ1n) is 5.71. The average molecular weight is 294 g/mol. The molecule has 1 aromatic rings. The normalized spacial score (nSPS) is 9.60. The minimum Gasteiger partial charge on any atom is -0.480 e. The number of thiophene rings is 1. The molecule has 6 nitrogen and oxygen atoms in total. The van der Waals surface area contributed by atoms with E-state index in [1.807, 2.05) is 6.92 Å². The maximum atomic E-state index is 11.8. The fraction of sp³-hybridized carbons (Fsp3) is 0.308. The van der Waals surface area contributed by atoms with Gasteiger partial charge in [0.05, 0.1) is 18.0 Å². The molecular weight excluding hydrogens is 280 g/mol. The van der Waals surface area contributed by atoms with Crippen molar-refractivity contribution in [2.75, 3.05) is 19.6 Å². The molecular formula is C13H14N2O4S. The first-order valence-corrected chi connectivity index (χ1v) is 6.53. The molecule has 0 saturated carbocycles. The number of carbonyl (C=O) groups excluding carboxylic acids is 2. The lowest BCUT2D eigenvalue weighted by Gasteiger charge is -2.17. The number of nitrogens with one attached hydrogen (secondary N) is 1. The van der Waals surface area contributed by atoms with Crippen LogP contribution in [0.2, 0.25) is 0 Å². The smallest absolute Gasteiger partial charge is 0.323 e. The second-order valence-electron chi connectivity index (χ2n) is 3.94. The van der Waals surface area contributed by atoms with Gasteiger partial charge in [0.1, 0.15) is 6.54 Å². The van der Waals surface area contributed by atoms with Crippen LogP contribution >= 0.6 is 11.3 Å². The molecule has 2 amide bonds. The maximum absolute atomic E-state index is 11.8. The molecule has 0 aromatic carbocycles. The fourth-order valence-corrected chi connectivity index (χ4v) is 2.20. The largest absolute Gasteiger partial charge is 0.480 e. The highest BCUT2D eigenvalue weighted by Crippen LogP contribution is 2.14. The van der Waals surface area contributed by atoms with E-state index in [1.165, 1.54) is 11.3 Å². The Morgan fingerprint density at radius 1 is 1.45 bits per heavy atom. The highest BCUT2D eigenvalue weighted by molar-refractivity contribution is 7.13. The van der Waals surface area contributed by atoms with Gasteiger partial charge in [-0.25, -0.2) is 0 Å². The third kappa shape index (κ3) is 4.74. The first kappa shape index (κ1) is 15.7. The van der Waals surface area contributed by atoms with Gasteiger partial charge in [-0.05, 0) is 19.1 Å². The van der Waals surface area contributed by atoms with Crippen LogP contribution in [0.4, 0.5) is 0 Å². The van der Waals surface area contributed by atoms with E-state index in [0.717, 1.165) is 9.78 Å². The van der Waals surface area contributed by atoms with Crippen molar-refractivity contribution in [3.63, 3.8) is 0 Å². The van der Waals surface area contributed by atoms with Crippen molar-refractivity contribution in [2.45, 2.75) is 6.92 Å². The summed E-state index contributed by atoms with van der Waals surface area (Å²) in [5.74, 6) is 0.146. The Morgan fingerprint density at radius 2 is 2.15 bits per heavy atom. The molecule has 2 N–H and O–H groups in total. The van der Waals surface area contributed by atoms with E-state index >= 15 is 0 Å². The molecule has 1 heterocycles. The van der Waals surface area contributed by atoms with Gasteiger partial charge >= 0.3 is 5.97 Å². The molecule has 106 valence electrons. The maximum Gasteiger partial charge on any atom is 0.323 e. The summed E-state index contributed by atoms with van der Waals surface area (Å²) in [6.45, 7) is 0.981. The van der Waals surface area contributed by atoms with Gasteiger partial charge in [0, 0.05) is 4.88 Å². The van der Waals surface area contributed by atoms with Crippen LogP contribution in [-0.4, -0.2) is 47.4 Å². The molecule has 0 aliphatic carbocycles. The number of rotatable bonds is 6. The van der Waals surface area contributed by atoms with Crippen molar-refractivity contribution >= 4 is 29.1 Å². The molecule has 0 fully saturated rings. The van der Waals surface area contributed by atoms with E-state index in [-0.39, 0.29) is 19.0 Å². The molecule has 0 aliphatic heterocycles. The summed E-state index contributed by atoms with van der Waals surface area (Å²) in [5, 5.41) is 11.1. The molecule has 1 rings (SSSR count). The zero-order valence-electron chi connectivity index (χ0n) is 10.9. The van der Waals surface area contributed by atoms with Gasteiger partial charge in [-0.3, -0.25) is 14.4 Å². The number of nitrogens with zero attached hydrogens (tertiary/aromatic N) is 1. The summed E-state index contributed by atoms with van der Waals surface area (Å²) in [6.07, 6.45) is 5.07. The van der Waals surface area contributed by atoms with Crippen LogP contribution in [0.3, 0.4) is 0 Å². The summed E-state index contributed by atoms with van der Waals surface area (Å²) < 4.78 is 0. The Morgan fingerprint density at radius 3 is 2.65 bits per heavy atom. The summed E-state index contributed by atoms with van der Waals surface area (Å²) in [5.41, 5.74) is 0. The van der Waals surface area contributed by atoms with Crippen LogP contribution in [0.1, 0.15) is 14.5 Å². The standard InChI is InChI=1S/C13H14N2O4S/c1-3-6-15(8-12(17)18)11(16)7-14-13(19)10-5-4-9(2)20-10/h1,4-5H,6-8H2,2H3,(H,14,19)(H,17,18). The zero-order chi connectivity index (χ0) is 15.1. The Hall–Kier alpha value is -2.33. The summed E-state index contributed by atoms with van der Waals surface area (Å²) >= 11 is 1.31. The number of aliphatic carboxylic acids is 1. The van der Waals surface area contributed by atoms with Gasteiger partial charge in [0.25, 0.3) is 5.91 Å². The van der Waals surface area contributed by atoms with Gasteiger partial charge in [-0.15, -0.1) is 17.8 Å². The third-order valence-electron chi connectivity index (χ3n) is 2.33. The summed E-state index contributed by atoms with van der Waals surface area (Å²) in [6, 6.07) is 3.47. The number of carboxylic acid groups (broad SMARTS) is 1. The number of terminal acetylenes is 1. The minimum absolute atomic E-state index is 0.112. The van der Waals surface area contributed by atoms with Gasteiger partial charge in [0.2, 0.25) is 5.91 Å². The summed E-state index contributed by atoms with van der Waals surface area (Å²) in [4.78, 5) is 36.6. The molecule has 0 atom stereocenters. The SMILES string of the molecule is C#CCN(CC(=O)O)C(=O)CNC(=O)c1ccc(C)s1. The highest BCUT2D eigenvalue weighted by Gasteiger charge is 2.17. The molecule has 0 aliphatic rings. The van der Waals surface area contributed by atoms with Crippen molar-refractivity contribution in [1.82, 2.24) is 10.2 Å². The van der Waals surface area contributed by atoms with Crippen molar-refractivity contribution in [1.29, 1.82) is 0 Å². The van der Waals surface area contributed by atoms with E-state index in [1.54, 1.807) is 12.1 Å². The highest BCUT2D eigenvalue weighted by atomic mass is 32.1. The molecule has 0 spiro atoms. The lowest BCUT2D eigenvalue weighted by Crippen LogP contribution is -2.42. The number of aryl methyl sites for hydroxylation is 1. The number of carbonyl (C=O) groups is 3. The van der Waals surface area contributed by atoms with Crippen molar-refractivity contribution in [3.8, 4) is 12.3 Å².